The fourth-order valence-electron chi connectivity index (χ4n) is 1.32. The highest BCUT2D eigenvalue weighted by molar-refractivity contribution is 7.80. The summed E-state index contributed by atoms with van der Waals surface area (Å²) in [5, 5.41) is 2.69. The van der Waals surface area contributed by atoms with Gasteiger partial charge in [-0.15, -0.1) is 0 Å². The SMILES string of the molecule is Cn1nc(C(F)(F)F)c(COC(=S)NN)c1OC(F)F. The van der Waals surface area contributed by atoms with Gasteiger partial charge in [-0.3, -0.25) is 5.43 Å². The molecule has 12 heteroatoms. The van der Waals surface area contributed by atoms with Crippen molar-refractivity contribution in [2.75, 3.05) is 0 Å². The molecule has 0 spiro atoms. The zero-order valence-corrected chi connectivity index (χ0v) is 10.7. The quantitative estimate of drug-likeness (QED) is 0.377. The van der Waals surface area contributed by atoms with Crippen LogP contribution >= 0.6 is 12.2 Å². The number of nitrogens with zero attached hydrogens (tertiary/aromatic N) is 2. The molecule has 1 aromatic rings. The molecule has 1 aromatic heterocycles. The summed E-state index contributed by atoms with van der Waals surface area (Å²) in [7, 11) is 1.02. The summed E-state index contributed by atoms with van der Waals surface area (Å²) in [6.45, 7) is -4.10. The molecule has 0 radical (unpaired) electrons. The largest absolute Gasteiger partial charge is 0.465 e. The molecule has 114 valence electrons. The average molecular weight is 320 g/mol. The van der Waals surface area contributed by atoms with Gasteiger partial charge in [0.2, 0.25) is 5.88 Å². The number of ether oxygens (including phenoxy) is 2. The lowest BCUT2D eigenvalue weighted by Crippen LogP contribution is -2.30. The summed E-state index contributed by atoms with van der Waals surface area (Å²) in [6, 6.07) is 0. The Bertz CT molecular complexity index is 490. The first kappa shape index (κ1) is 16.4. The molecular weight excluding hydrogens is 311 g/mol. The summed E-state index contributed by atoms with van der Waals surface area (Å²) in [5.41, 5.74) is -0.245. The molecular formula is C8H9F5N4O2S. The number of hydrazine groups is 1. The summed E-state index contributed by atoms with van der Waals surface area (Å²) in [4.78, 5) is 0. The van der Waals surface area contributed by atoms with Gasteiger partial charge in [0, 0.05) is 7.05 Å². The molecule has 20 heavy (non-hydrogen) atoms. The van der Waals surface area contributed by atoms with Crippen molar-refractivity contribution < 1.29 is 31.4 Å². The van der Waals surface area contributed by atoms with E-state index < -0.39 is 41.7 Å². The maximum Gasteiger partial charge on any atom is 0.435 e. The molecule has 6 nitrogen and oxygen atoms in total. The Kier molecular flexibility index (Phi) is 5.05. The first-order valence-electron chi connectivity index (χ1n) is 4.88. The lowest BCUT2D eigenvalue weighted by Gasteiger charge is -2.11. The number of rotatable bonds is 4. The van der Waals surface area contributed by atoms with Crippen LogP contribution in [-0.4, -0.2) is 21.6 Å². The van der Waals surface area contributed by atoms with Crippen molar-refractivity contribution in [1.29, 1.82) is 0 Å². The third-order valence-corrected chi connectivity index (χ3v) is 2.26. The van der Waals surface area contributed by atoms with Crippen LogP contribution in [0.15, 0.2) is 0 Å². The lowest BCUT2D eigenvalue weighted by molar-refractivity contribution is -0.142. The van der Waals surface area contributed by atoms with Gasteiger partial charge in [-0.05, 0) is 12.2 Å². The second-order valence-corrected chi connectivity index (χ2v) is 3.72. The highest BCUT2D eigenvalue weighted by atomic mass is 32.1. The predicted molar refractivity (Wildman–Crippen MR) is 59.6 cm³/mol. The standard InChI is InChI=1S/C8H9F5N4O2S/c1-17-5(19-6(9)10)3(2-18-7(20)15-14)4(16-17)8(11,12)13/h6H,2,14H2,1H3,(H,15,20). The second-order valence-electron chi connectivity index (χ2n) is 3.35. The molecule has 0 amide bonds. The molecule has 0 aromatic carbocycles. The van der Waals surface area contributed by atoms with Crippen molar-refractivity contribution in [3.63, 3.8) is 0 Å². The van der Waals surface area contributed by atoms with Crippen LogP contribution in [-0.2, 0) is 24.6 Å². The zero-order chi connectivity index (χ0) is 15.5. The van der Waals surface area contributed by atoms with Gasteiger partial charge in [0.25, 0.3) is 5.17 Å². The van der Waals surface area contributed by atoms with Gasteiger partial charge in [-0.25, -0.2) is 10.5 Å². The van der Waals surface area contributed by atoms with Gasteiger partial charge in [0.05, 0.1) is 5.56 Å². The number of halogens is 5. The highest BCUT2D eigenvalue weighted by Gasteiger charge is 2.40. The van der Waals surface area contributed by atoms with Crippen molar-refractivity contribution >= 4 is 17.4 Å². The first-order valence-corrected chi connectivity index (χ1v) is 5.29. The minimum atomic E-state index is -4.86. The molecule has 3 N–H and O–H groups in total. The zero-order valence-electron chi connectivity index (χ0n) is 9.87. The third-order valence-electron chi connectivity index (χ3n) is 2.02. The topological polar surface area (TPSA) is 74.3 Å². The van der Waals surface area contributed by atoms with E-state index in [4.69, 9.17) is 5.84 Å². The number of alkyl halides is 5. The lowest BCUT2D eigenvalue weighted by atomic mass is 10.2. The van der Waals surface area contributed by atoms with E-state index in [2.05, 4.69) is 26.8 Å². The monoisotopic (exact) mass is 320 g/mol. The summed E-state index contributed by atoms with van der Waals surface area (Å²) in [5.74, 6) is 4.10. The van der Waals surface area contributed by atoms with Crippen LogP contribution in [0, 0.1) is 0 Å². The molecule has 0 fully saturated rings. The van der Waals surface area contributed by atoms with Gasteiger partial charge in [0.1, 0.15) is 6.61 Å². The van der Waals surface area contributed by atoms with Gasteiger partial charge in [0.15, 0.2) is 5.69 Å². The van der Waals surface area contributed by atoms with Crippen LogP contribution in [0.1, 0.15) is 11.3 Å². The van der Waals surface area contributed by atoms with E-state index in [0.29, 0.717) is 4.68 Å². The maximum atomic E-state index is 12.7. The summed E-state index contributed by atoms with van der Waals surface area (Å²) >= 11 is 4.47. The van der Waals surface area contributed by atoms with Crippen molar-refractivity contribution in [3.05, 3.63) is 11.3 Å². The van der Waals surface area contributed by atoms with Crippen molar-refractivity contribution in [1.82, 2.24) is 15.2 Å². The number of thiocarbonyl (C=S) groups is 1. The average Bonchev–Trinajstić information content (AvgIpc) is 2.63. The molecule has 1 heterocycles. The van der Waals surface area contributed by atoms with Crippen LogP contribution in [0.25, 0.3) is 0 Å². The van der Waals surface area contributed by atoms with Crippen molar-refractivity contribution in [2.45, 2.75) is 19.4 Å². The fourth-order valence-corrected chi connectivity index (χ4v) is 1.38. The van der Waals surface area contributed by atoms with Crippen molar-refractivity contribution in [3.8, 4) is 5.88 Å². The maximum absolute atomic E-state index is 12.7. The number of aromatic nitrogens is 2. The number of aryl methyl sites for hydroxylation is 1. The van der Waals surface area contributed by atoms with E-state index in [1.807, 2.05) is 5.43 Å². The summed E-state index contributed by atoms with van der Waals surface area (Å²) < 4.78 is 71.8. The Morgan fingerprint density at radius 3 is 2.55 bits per heavy atom. The molecule has 0 bridgehead atoms. The van der Waals surface area contributed by atoms with Crippen LogP contribution in [0.5, 0.6) is 5.88 Å². The van der Waals surface area contributed by atoms with Crippen LogP contribution < -0.4 is 16.0 Å². The van der Waals surface area contributed by atoms with Gasteiger partial charge in [-0.1, -0.05) is 0 Å². The van der Waals surface area contributed by atoms with Gasteiger partial charge < -0.3 is 9.47 Å². The Labute approximate surface area is 114 Å². The molecule has 1 rings (SSSR count). The normalized spacial score (nSPS) is 11.6. The van der Waals surface area contributed by atoms with E-state index >= 15 is 0 Å². The predicted octanol–water partition coefficient (Wildman–Crippen LogP) is 1.31. The Morgan fingerprint density at radius 2 is 2.10 bits per heavy atom. The van der Waals surface area contributed by atoms with E-state index in [0.717, 1.165) is 7.05 Å². The number of hydrogen-bond donors (Lipinski definition) is 2. The van der Waals surface area contributed by atoms with E-state index in [1.165, 1.54) is 0 Å². The van der Waals surface area contributed by atoms with Crippen LogP contribution in [0.2, 0.25) is 0 Å². The van der Waals surface area contributed by atoms with Crippen LogP contribution in [0.3, 0.4) is 0 Å². The minimum Gasteiger partial charge on any atom is -0.465 e. The Morgan fingerprint density at radius 1 is 1.50 bits per heavy atom. The highest BCUT2D eigenvalue weighted by Crippen LogP contribution is 2.36. The Balaban J connectivity index is 3.16. The number of hydrogen-bond acceptors (Lipinski definition) is 5. The van der Waals surface area contributed by atoms with Crippen molar-refractivity contribution in [2.24, 2.45) is 12.9 Å². The molecule has 0 saturated carbocycles. The third kappa shape index (κ3) is 3.90. The second kappa shape index (κ2) is 6.17. The fraction of sp³-hybridized carbons (Fsp3) is 0.500. The molecule has 0 unspecified atom stereocenters. The molecule has 0 aliphatic rings. The number of nitrogens with one attached hydrogen (secondary N) is 1. The summed E-state index contributed by atoms with van der Waals surface area (Å²) in [6.07, 6.45) is -4.86. The minimum absolute atomic E-state index is 0.412. The van der Waals surface area contributed by atoms with E-state index in [9.17, 15) is 22.0 Å². The van der Waals surface area contributed by atoms with Gasteiger partial charge in [-0.2, -0.15) is 27.1 Å². The Hall–Kier alpha value is -1.69. The van der Waals surface area contributed by atoms with Crippen LogP contribution in [0.4, 0.5) is 22.0 Å². The smallest absolute Gasteiger partial charge is 0.435 e. The van der Waals surface area contributed by atoms with E-state index in [-0.39, 0.29) is 0 Å². The number of nitrogens with two attached hydrogens (primary N) is 1. The molecule has 0 aliphatic heterocycles. The first-order chi connectivity index (χ1) is 9.16. The molecule has 0 atom stereocenters. The van der Waals surface area contributed by atoms with Gasteiger partial charge >= 0.3 is 12.8 Å². The molecule has 0 aliphatic carbocycles. The molecule has 0 saturated heterocycles. The van der Waals surface area contributed by atoms with E-state index in [1.54, 1.807) is 0 Å².